The summed E-state index contributed by atoms with van der Waals surface area (Å²) in [6.07, 6.45) is 0.377. The number of carbonyl (C=O) groups excluding carboxylic acids is 2. The minimum absolute atomic E-state index is 0.0668. The van der Waals surface area contributed by atoms with Crippen LogP contribution in [0, 0.1) is 11.6 Å². The lowest BCUT2D eigenvalue weighted by atomic mass is 10.1. The third kappa shape index (κ3) is 2.05. The first-order valence-corrected chi connectivity index (χ1v) is 5.53. The van der Waals surface area contributed by atoms with Gasteiger partial charge in [0.2, 0.25) is 5.91 Å². The van der Waals surface area contributed by atoms with E-state index in [0.717, 1.165) is 12.1 Å². The molecule has 0 bridgehead atoms. The lowest BCUT2D eigenvalue weighted by Gasteiger charge is -2.35. The first-order chi connectivity index (χ1) is 8.54. The second-order valence-electron chi connectivity index (χ2n) is 4.11. The predicted octanol–water partition coefficient (Wildman–Crippen LogP) is 1.10. The number of aldehydes is 1. The van der Waals surface area contributed by atoms with Gasteiger partial charge in [-0.3, -0.25) is 9.59 Å². The standard InChI is InChI=1S/C12H12F2N2O2/c1-7-12(18)15-2-3-16(7)11-9(13)4-8(6-17)5-10(11)14/h4-7H,2-3H2,1H3,(H,15,18). The molecule has 1 unspecified atom stereocenters. The number of amides is 1. The van der Waals surface area contributed by atoms with Crippen LogP contribution in [0.1, 0.15) is 17.3 Å². The molecule has 96 valence electrons. The van der Waals surface area contributed by atoms with Gasteiger partial charge >= 0.3 is 0 Å². The van der Waals surface area contributed by atoms with E-state index in [1.807, 2.05) is 0 Å². The van der Waals surface area contributed by atoms with Crippen LogP contribution in [0.4, 0.5) is 14.5 Å². The summed E-state index contributed by atoms with van der Waals surface area (Å²) in [6, 6.07) is 1.28. The van der Waals surface area contributed by atoms with Crippen molar-refractivity contribution in [2.75, 3.05) is 18.0 Å². The summed E-state index contributed by atoms with van der Waals surface area (Å²) in [6.45, 7) is 2.22. The van der Waals surface area contributed by atoms with Crippen LogP contribution in [0.2, 0.25) is 0 Å². The number of anilines is 1. The zero-order valence-electron chi connectivity index (χ0n) is 9.74. The SMILES string of the molecule is CC1C(=O)NCCN1c1c(F)cc(C=O)cc1F. The number of hydrogen-bond donors (Lipinski definition) is 1. The van der Waals surface area contributed by atoms with Gasteiger partial charge in [-0.2, -0.15) is 0 Å². The van der Waals surface area contributed by atoms with E-state index in [1.54, 1.807) is 6.92 Å². The van der Waals surface area contributed by atoms with E-state index in [0.29, 0.717) is 19.4 Å². The number of nitrogens with zero attached hydrogens (tertiary/aromatic N) is 1. The summed E-state index contributed by atoms with van der Waals surface area (Å²) in [7, 11) is 0. The average Bonchev–Trinajstić information content (AvgIpc) is 2.33. The highest BCUT2D eigenvalue weighted by Crippen LogP contribution is 2.27. The Morgan fingerprint density at radius 1 is 1.39 bits per heavy atom. The highest BCUT2D eigenvalue weighted by Gasteiger charge is 2.29. The quantitative estimate of drug-likeness (QED) is 0.804. The second kappa shape index (κ2) is 4.72. The molecule has 0 aromatic heterocycles. The normalized spacial score (nSPS) is 19.6. The lowest BCUT2D eigenvalue weighted by molar-refractivity contribution is -0.122. The minimum atomic E-state index is -0.835. The molecule has 1 N–H and O–H groups in total. The van der Waals surface area contributed by atoms with Crippen LogP contribution in [-0.2, 0) is 4.79 Å². The molecule has 2 rings (SSSR count). The number of rotatable bonds is 2. The highest BCUT2D eigenvalue weighted by molar-refractivity contribution is 5.86. The predicted molar refractivity (Wildman–Crippen MR) is 61.6 cm³/mol. The molecule has 1 fully saturated rings. The van der Waals surface area contributed by atoms with Gasteiger partial charge < -0.3 is 10.2 Å². The van der Waals surface area contributed by atoms with E-state index in [9.17, 15) is 18.4 Å². The van der Waals surface area contributed by atoms with E-state index in [1.165, 1.54) is 4.90 Å². The van der Waals surface area contributed by atoms with Gasteiger partial charge in [-0.25, -0.2) is 8.78 Å². The van der Waals surface area contributed by atoms with Crippen LogP contribution in [0.15, 0.2) is 12.1 Å². The molecular weight excluding hydrogens is 242 g/mol. The molecule has 0 spiro atoms. The van der Waals surface area contributed by atoms with E-state index in [2.05, 4.69) is 5.32 Å². The molecule has 1 aromatic rings. The van der Waals surface area contributed by atoms with Gasteiger partial charge in [-0.15, -0.1) is 0 Å². The lowest BCUT2D eigenvalue weighted by Crippen LogP contribution is -2.54. The van der Waals surface area contributed by atoms with Gasteiger partial charge in [0, 0.05) is 18.7 Å². The zero-order valence-corrected chi connectivity index (χ0v) is 9.74. The Morgan fingerprint density at radius 2 is 2.00 bits per heavy atom. The van der Waals surface area contributed by atoms with Crippen molar-refractivity contribution in [2.24, 2.45) is 0 Å². The molecule has 0 radical (unpaired) electrons. The average molecular weight is 254 g/mol. The van der Waals surface area contributed by atoms with Crippen LogP contribution in [0.5, 0.6) is 0 Å². The van der Waals surface area contributed by atoms with Crippen molar-refractivity contribution in [1.29, 1.82) is 0 Å². The third-order valence-electron chi connectivity index (χ3n) is 2.96. The molecular formula is C12H12F2N2O2. The summed E-state index contributed by atoms with van der Waals surface area (Å²) >= 11 is 0. The largest absolute Gasteiger partial charge is 0.353 e. The Kier molecular flexibility index (Phi) is 3.27. The Bertz CT molecular complexity index is 482. The Hall–Kier alpha value is -1.98. The number of piperazine rings is 1. The summed E-state index contributed by atoms with van der Waals surface area (Å²) in [5.41, 5.74) is -0.328. The zero-order chi connectivity index (χ0) is 13.3. The minimum Gasteiger partial charge on any atom is -0.353 e. The Morgan fingerprint density at radius 3 is 2.56 bits per heavy atom. The van der Waals surface area contributed by atoms with Crippen LogP contribution in [0.25, 0.3) is 0 Å². The van der Waals surface area contributed by atoms with Crippen molar-refractivity contribution in [2.45, 2.75) is 13.0 Å². The maximum Gasteiger partial charge on any atom is 0.242 e. The van der Waals surface area contributed by atoms with Gasteiger partial charge in [0.15, 0.2) is 0 Å². The fourth-order valence-corrected chi connectivity index (χ4v) is 2.02. The maximum atomic E-state index is 13.8. The van der Waals surface area contributed by atoms with Crippen molar-refractivity contribution in [3.8, 4) is 0 Å². The Balaban J connectivity index is 2.44. The fourth-order valence-electron chi connectivity index (χ4n) is 2.02. The molecule has 1 heterocycles. The van der Waals surface area contributed by atoms with Crippen LogP contribution < -0.4 is 10.2 Å². The smallest absolute Gasteiger partial charge is 0.242 e. The van der Waals surface area contributed by atoms with E-state index < -0.39 is 17.7 Å². The van der Waals surface area contributed by atoms with E-state index >= 15 is 0 Å². The topological polar surface area (TPSA) is 49.4 Å². The number of halogens is 2. The maximum absolute atomic E-state index is 13.8. The molecule has 0 aliphatic carbocycles. The van der Waals surface area contributed by atoms with Crippen LogP contribution in [0.3, 0.4) is 0 Å². The molecule has 1 saturated heterocycles. The number of benzene rings is 1. The van der Waals surface area contributed by atoms with Gasteiger partial charge in [-0.1, -0.05) is 0 Å². The molecule has 6 heteroatoms. The molecule has 4 nitrogen and oxygen atoms in total. The van der Waals surface area contributed by atoms with Crippen molar-refractivity contribution < 1.29 is 18.4 Å². The molecule has 1 aliphatic heterocycles. The molecule has 1 aliphatic rings. The molecule has 1 amide bonds. The van der Waals surface area contributed by atoms with Crippen molar-refractivity contribution >= 4 is 17.9 Å². The van der Waals surface area contributed by atoms with E-state index in [-0.39, 0.29) is 17.2 Å². The van der Waals surface area contributed by atoms with Gasteiger partial charge in [0.05, 0.1) is 0 Å². The van der Waals surface area contributed by atoms with Crippen molar-refractivity contribution in [3.05, 3.63) is 29.3 Å². The summed E-state index contributed by atoms with van der Waals surface area (Å²) in [4.78, 5) is 23.3. The molecule has 1 atom stereocenters. The Labute approximate surface area is 103 Å². The van der Waals surface area contributed by atoms with Gasteiger partial charge in [0.25, 0.3) is 0 Å². The molecule has 18 heavy (non-hydrogen) atoms. The van der Waals surface area contributed by atoms with Crippen LogP contribution in [-0.4, -0.2) is 31.3 Å². The van der Waals surface area contributed by atoms with Gasteiger partial charge in [-0.05, 0) is 19.1 Å². The first kappa shape index (κ1) is 12.5. The monoisotopic (exact) mass is 254 g/mol. The fraction of sp³-hybridized carbons (Fsp3) is 0.333. The van der Waals surface area contributed by atoms with Crippen molar-refractivity contribution in [3.63, 3.8) is 0 Å². The van der Waals surface area contributed by atoms with E-state index in [4.69, 9.17) is 0 Å². The summed E-state index contributed by atoms with van der Waals surface area (Å²) in [5, 5.41) is 2.61. The highest BCUT2D eigenvalue weighted by atomic mass is 19.1. The van der Waals surface area contributed by atoms with Gasteiger partial charge in [0.1, 0.15) is 29.6 Å². The number of carbonyl (C=O) groups is 2. The summed E-state index contributed by atoms with van der Waals surface area (Å²) in [5.74, 6) is -1.95. The third-order valence-corrected chi connectivity index (χ3v) is 2.96. The second-order valence-corrected chi connectivity index (χ2v) is 4.11. The summed E-state index contributed by atoms with van der Waals surface area (Å²) < 4.78 is 27.6. The molecule has 1 aromatic carbocycles. The first-order valence-electron chi connectivity index (χ1n) is 5.53. The van der Waals surface area contributed by atoms with Crippen molar-refractivity contribution in [1.82, 2.24) is 5.32 Å². The van der Waals surface area contributed by atoms with Crippen LogP contribution >= 0.6 is 0 Å². The number of nitrogens with one attached hydrogen (secondary N) is 1. The number of hydrogen-bond acceptors (Lipinski definition) is 3. The molecule has 0 saturated carbocycles.